The highest BCUT2D eigenvalue weighted by Gasteiger charge is 2.41. The number of hydrogen-bond donors (Lipinski definition) is 4. The Kier molecular flexibility index (Phi) is 7.09. The number of nitrogens with one attached hydrogen (secondary N) is 3. The van der Waals surface area contributed by atoms with Crippen LogP contribution in [0, 0.1) is 17.8 Å². The van der Waals surface area contributed by atoms with Crippen LogP contribution >= 0.6 is 0 Å². The molecule has 0 aromatic heterocycles. The lowest BCUT2D eigenvalue weighted by molar-refractivity contribution is -0.123. The Bertz CT molecular complexity index is 553. The van der Waals surface area contributed by atoms with Gasteiger partial charge in [0, 0.05) is 25.6 Å². The van der Waals surface area contributed by atoms with Crippen molar-refractivity contribution in [2.45, 2.75) is 77.0 Å². The molecule has 4 unspecified atom stereocenters. The van der Waals surface area contributed by atoms with Crippen LogP contribution in [0.1, 0.15) is 52.4 Å². The first kappa shape index (κ1) is 21.5. The van der Waals surface area contributed by atoms with E-state index in [-0.39, 0.29) is 24.2 Å². The summed E-state index contributed by atoms with van der Waals surface area (Å²) in [5.41, 5.74) is 8.82. The number of likely N-dealkylation sites (tertiary alicyclic amines) is 2. The quantitative estimate of drug-likeness (QED) is 0.506. The van der Waals surface area contributed by atoms with Crippen LogP contribution in [-0.4, -0.2) is 73.0 Å². The minimum atomic E-state index is -0.139. The summed E-state index contributed by atoms with van der Waals surface area (Å²) in [5.74, 6) is 1.14. The van der Waals surface area contributed by atoms with Gasteiger partial charge in [0.15, 0.2) is 0 Å². The number of carbonyl (C=O) groups is 1. The Morgan fingerprint density at radius 2 is 1.97 bits per heavy atom. The van der Waals surface area contributed by atoms with Crippen molar-refractivity contribution in [1.82, 2.24) is 25.9 Å². The fraction of sp³-hybridized carbons (Fsp3) is 0.952. The van der Waals surface area contributed by atoms with Gasteiger partial charge in [-0.3, -0.25) is 24.7 Å². The highest BCUT2D eigenvalue weighted by Crippen LogP contribution is 2.29. The molecule has 4 aliphatic heterocycles. The first-order valence-electron chi connectivity index (χ1n) is 11.7. The molecule has 1 amide bonds. The molecular formula is C21H40N6O2. The lowest BCUT2D eigenvalue weighted by Gasteiger charge is -2.42. The number of nitrogens with two attached hydrogens (primary N) is 1. The van der Waals surface area contributed by atoms with Crippen molar-refractivity contribution < 1.29 is 9.63 Å². The van der Waals surface area contributed by atoms with Gasteiger partial charge in [-0.25, -0.2) is 0 Å². The molecule has 8 nitrogen and oxygen atoms in total. The molecule has 4 rings (SSSR count). The second-order valence-electron chi connectivity index (χ2n) is 9.87. The van der Waals surface area contributed by atoms with Gasteiger partial charge < -0.3 is 11.1 Å². The Morgan fingerprint density at radius 3 is 2.69 bits per heavy atom. The van der Waals surface area contributed by atoms with Crippen molar-refractivity contribution in [3.63, 3.8) is 0 Å². The predicted molar refractivity (Wildman–Crippen MR) is 112 cm³/mol. The molecule has 0 saturated carbocycles. The molecule has 4 fully saturated rings. The van der Waals surface area contributed by atoms with Gasteiger partial charge in [0.2, 0.25) is 5.91 Å². The van der Waals surface area contributed by atoms with Crippen molar-refractivity contribution in [2.24, 2.45) is 23.5 Å². The van der Waals surface area contributed by atoms with E-state index in [0.29, 0.717) is 24.0 Å². The van der Waals surface area contributed by atoms with Crippen molar-refractivity contribution in [1.29, 1.82) is 0 Å². The second-order valence-corrected chi connectivity index (χ2v) is 9.87. The SMILES string of the molecule is CC(C)CN1CCC[C@H]1C1NC(C2CCNC(N3CCC(C(N)=O)CC3)C2)NO1. The lowest BCUT2D eigenvalue weighted by atomic mass is 9.90. The third-order valence-electron chi connectivity index (χ3n) is 7.29. The third kappa shape index (κ3) is 5.11. The Labute approximate surface area is 175 Å². The molecule has 0 aromatic carbocycles. The van der Waals surface area contributed by atoms with Crippen molar-refractivity contribution in [3.8, 4) is 0 Å². The van der Waals surface area contributed by atoms with Crippen LogP contribution in [0.3, 0.4) is 0 Å². The maximum absolute atomic E-state index is 11.4. The van der Waals surface area contributed by atoms with Gasteiger partial charge in [-0.2, -0.15) is 5.48 Å². The molecule has 4 aliphatic rings. The molecule has 5 atom stereocenters. The number of nitrogens with zero attached hydrogens (tertiary/aromatic N) is 2. The third-order valence-corrected chi connectivity index (χ3v) is 7.29. The summed E-state index contributed by atoms with van der Waals surface area (Å²) in [7, 11) is 0. The highest BCUT2D eigenvalue weighted by molar-refractivity contribution is 5.76. The van der Waals surface area contributed by atoms with Gasteiger partial charge in [-0.15, -0.1) is 0 Å². The number of hydroxylamine groups is 1. The molecular weight excluding hydrogens is 368 g/mol. The fourth-order valence-electron chi connectivity index (χ4n) is 5.70. The van der Waals surface area contributed by atoms with E-state index in [1.54, 1.807) is 0 Å². The minimum Gasteiger partial charge on any atom is -0.369 e. The van der Waals surface area contributed by atoms with E-state index in [1.807, 2.05) is 0 Å². The zero-order valence-corrected chi connectivity index (χ0v) is 18.1. The first-order chi connectivity index (χ1) is 14.0. The van der Waals surface area contributed by atoms with E-state index in [0.717, 1.165) is 51.9 Å². The average Bonchev–Trinajstić information content (AvgIpc) is 3.37. The fourth-order valence-corrected chi connectivity index (χ4v) is 5.70. The maximum Gasteiger partial charge on any atom is 0.220 e. The van der Waals surface area contributed by atoms with Gasteiger partial charge in [-0.1, -0.05) is 13.8 Å². The molecule has 29 heavy (non-hydrogen) atoms. The largest absolute Gasteiger partial charge is 0.369 e. The van der Waals surface area contributed by atoms with Gasteiger partial charge in [-0.05, 0) is 63.5 Å². The molecule has 0 radical (unpaired) electrons. The normalized spacial score (nSPS) is 38.1. The number of amides is 1. The summed E-state index contributed by atoms with van der Waals surface area (Å²) < 4.78 is 0. The summed E-state index contributed by atoms with van der Waals surface area (Å²) in [5, 5.41) is 7.46. The zero-order valence-electron chi connectivity index (χ0n) is 18.1. The summed E-state index contributed by atoms with van der Waals surface area (Å²) >= 11 is 0. The van der Waals surface area contributed by atoms with Crippen LogP contribution in [-0.2, 0) is 9.63 Å². The predicted octanol–water partition coefficient (Wildman–Crippen LogP) is 0.406. The maximum atomic E-state index is 11.4. The van der Waals surface area contributed by atoms with E-state index in [9.17, 15) is 4.79 Å². The number of carbonyl (C=O) groups excluding carboxylic acids is 1. The van der Waals surface area contributed by atoms with Gasteiger partial charge in [0.25, 0.3) is 0 Å². The molecule has 4 saturated heterocycles. The van der Waals surface area contributed by atoms with Crippen LogP contribution < -0.4 is 21.8 Å². The monoisotopic (exact) mass is 408 g/mol. The molecule has 4 heterocycles. The number of rotatable bonds is 6. The summed E-state index contributed by atoms with van der Waals surface area (Å²) in [6.45, 7) is 9.85. The molecule has 0 aliphatic carbocycles. The summed E-state index contributed by atoms with van der Waals surface area (Å²) in [6.07, 6.45) is 7.18. The standard InChI is InChI=1S/C21H40N6O2/c1-14(2)13-27-9-3-4-17(27)21-24-20(25-29-21)16-5-8-23-18(12-16)26-10-6-15(7-11-26)19(22)28/h14-18,20-21,23-25H,3-13H2,1-2H3,(H2,22,28)/t16?,17-,18?,20?,21?/m0/s1. The van der Waals surface area contributed by atoms with Gasteiger partial charge in [0.1, 0.15) is 6.23 Å². The molecule has 5 N–H and O–H groups in total. The van der Waals surface area contributed by atoms with Gasteiger partial charge in [0.05, 0.1) is 18.4 Å². The van der Waals surface area contributed by atoms with Crippen molar-refractivity contribution in [3.05, 3.63) is 0 Å². The second kappa shape index (κ2) is 9.58. The minimum absolute atomic E-state index is 0.0538. The topological polar surface area (TPSA) is 94.9 Å². The smallest absolute Gasteiger partial charge is 0.220 e. The lowest BCUT2D eigenvalue weighted by Crippen LogP contribution is -2.57. The van der Waals surface area contributed by atoms with E-state index in [1.165, 1.54) is 19.4 Å². The van der Waals surface area contributed by atoms with Crippen LogP contribution in [0.2, 0.25) is 0 Å². The zero-order chi connectivity index (χ0) is 20.4. The summed E-state index contributed by atoms with van der Waals surface area (Å²) in [6, 6.07) is 0.472. The molecule has 8 heteroatoms. The van der Waals surface area contributed by atoms with E-state index in [2.05, 4.69) is 39.8 Å². The first-order valence-corrected chi connectivity index (χ1v) is 11.7. The van der Waals surface area contributed by atoms with Crippen LogP contribution in [0.25, 0.3) is 0 Å². The molecule has 0 spiro atoms. The number of hydrogen-bond acceptors (Lipinski definition) is 7. The summed E-state index contributed by atoms with van der Waals surface area (Å²) in [4.78, 5) is 22.6. The van der Waals surface area contributed by atoms with Crippen LogP contribution in [0.4, 0.5) is 0 Å². The Morgan fingerprint density at radius 1 is 1.17 bits per heavy atom. The average molecular weight is 409 g/mol. The Hall–Kier alpha value is -0.770. The molecule has 0 bridgehead atoms. The van der Waals surface area contributed by atoms with Crippen LogP contribution in [0.5, 0.6) is 0 Å². The number of primary amides is 1. The van der Waals surface area contributed by atoms with E-state index >= 15 is 0 Å². The Balaban J connectivity index is 1.28. The van der Waals surface area contributed by atoms with Crippen LogP contribution in [0.15, 0.2) is 0 Å². The molecule has 0 aromatic rings. The number of piperidine rings is 2. The van der Waals surface area contributed by atoms with Crippen molar-refractivity contribution in [2.75, 3.05) is 32.7 Å². The van der Waals surface area contributed by atoms with Crippen molar-refractivity contribution >= 4 is 5.91 Å². The van der Waals surface area contributed by atoms with Gasteiger partial charge >= 0.3 is 0 Å². The highest BCUT2D eigenvalue weighted by atomic mass is 16.7. The molecule has 166 valence electrons. The van der Waals surface area contributed by atoms with E-state index in [4.69, 9.17) is 10.6 Å². The van der Waals surface area contributed by atoms with E-state index < -0.39 is 0 Å².